The van der Waals surface area contributed by atoms with Crippen LogP contribution in [0.2, 0.25) is 0 Å². The van der Waals surface area contributed by atoms with Crippen molar-refractivity contribution in [2.24, 2.45) is 5.73 Å². The molecular weight excluding hydrogens is 174 g/mol. The Kier molecular flexibility index (Phi) is 8.14. The molecule has 14 heavy (non-hydrogen) atoms. The van der Waals surface area contributed by atoms with Crippen LogP contribution in [0.3, 0.4) is 0 Å². The summed E-state index contributed by atoms with van der Waals surface area (Å²) in [6.45, 7) is 10.5. The van der Waals surface area contributed by atoms with Crippen molar-refractivity contribution in [1.82, 2.24) is 10.6 Å². The summed E-state index contributed by atoms with van der Waals surface area (Å²) in [5, 5.41) is 6.78. The van der Waals surface area contributed by atoms with E-state index in [1.807, 2.05) is 0 Å². The SMILES string of the molecule is CC(C)(C)NCCCCCNCCN. The van der Waals surface area contributed by atoms with Crippen molar-refractivity contribution in [1.29, 1.82) is 0 Å². The highest BCUT2D eigenvalue weighted by Crippen LogP contribution is 2.00. The van der Waals surface area contributed by atoms with Gasteiger partial charge in [-0.15, -0.1) is 0 Å². The molecule has 0 fully saturated rings. The monoisotopic (exact) mass is 201 g/mol. The quantitative estimate of drug-likeness (QED) is 0.515. The van der Waals surface area contributed by atoms with E-state index in [0.29, 0.717) is 0 Å². The molecule has 0 aromatic rings. The topological polar surface area (TPSA) is 50.1 Å². The van der Waals surface area contributed by atoms with Gasteiger partial charge in [0.15, 0.2) is 0 Å². The second-order valence-electron chi connectivity index (χ2n) is 4.78. The molecular formula is C11H27N3. The van der Waals surface area contributed by atoms with Crippen molar-refractivity contribution < 1.29 is 0 Å². The molecule has 0 aliphatic rings. The summed E-state index contributed by atoms with van der Waals surface area (Å²) in [6.07, 6.45) is 3.81. The number of nitrogens with two attached hydrogens (primary N) is 1. The Morgan fingerprint density at radius 2 is 1.57 bits per heavy atom. The molecule has 86 valence electrons. The third-order valence-corrected chi connectivity index (χ3v) is 2.01. The summed E-state index contributed by atoms with van der Waals surface area (Å²) in [7, 11) is 0. The number of hydrogen-bond acceptors (Lipinski definition) is 3. The van der Waals surface area contributed by atoms with Gasteiger partial charge in [-0.3, -0.25) is 0 Å². The van der Waals surface area contributed by atoms with Gasteiger partial charge in [-0.05, 0) is 46.7 Å². The fraction of sp³-hybridized carbons (Fsp3) is 1.00. The van der Waals surface area contributed by atoms with E-state index in [4.69, 9.17) is 5.73 Å². The normalized spacial score (nSPS) is 12.0. The number of unbranched alkanes of at least 4 members (excludes halogenated alkanes) is 2. The zero-order valence-electron chi connectivity index (χ0n) is 10.0. The molecule has 0 saturated heterocycles. The maximum absolute atomic E-state index is 5.37. The molecule has 0 bridgehead atoms. The Bertz CT molecular complexity index is 118. The van der Waals surface area contributed by atoms with E-state index in [9.17, 15) is 0 Å². The molecule has 0 aliphatic carbocycles. The van der Waals surface area contributed by atoms with Gasteiger partial charge in [0, 0.05) is 18.6 Å². The van der Waals surface area contributed by atoms with Gasteiger partial charge in [-0.1, -0.05) is 6.42 Å². The summed E-state index contributed by atoms with van der Waals surface area (Å²) in [5.74, 6) is 0. The minimum atomic E-state index is 0.262. The molecule has 3 heteroatoms. The van der Waals surface area contributed by atoms with Gasteiger partial charge in [0.25, 0.3) is 0 Å². The highest BCUT2D eigenvalue weighted by molar-refractivity contribution is 4.69. The molecule has 0 aromatic carbocycles. The second kappa shape index (κ2) is 8.21. The van der Waals surface area contributed by atoms with Crippen LogP contribution in [0.25, 0.3) is 0 Å². The first-order valence-corrected chi connectivity index (χ1v) is 5.72. The highest BCUT2D eigenvalue weighted by Gasteiger charge is 2.06. The zero-order chi connectivity index (χ0) is 10.9. The Morgan fingerprint density at radius 1 is 0.929 bits per heavy atom. The first-order valence-electron chi connectivity index (χ1n) is 5.72. The van der Waals surface area contributed by atoms with E-state index in [1.165, 1.54) is 19.3 Å². The number of rotatable bonds is 8. The van der Waals surface area contributed by atoms with Crippen LogP contribution in [0, 0.1) is 0 Å². The maximum Gasteiger partial charge on any atom is 0.00965 e. The van der Waals surface area contributed by atoms with Crippen LogP contribution in [0.4, 0.5) is 0 Å². The smallest absolute Gasteiger partial charge is 0.00965 e. The minimum absolute atomic E-state index is 0.262. The van der Waals surface area contributed by atoms with Gasteiger partial charge >= 0.3 is 0 Å². The standard InChI is InChI=1S/C11H27N3/c1-11(2,3)14-9-6-4-5-8-13-10-7-12/h13-14H,4-10,12H2,1-3H3. The van der Waals surface area contributed by atoms with Gasteiger partial charge in [0.1, 0.15) is 0 Å². The lowest BCUT2D eigenvalue weighted by Gasteiger charge is -2.20. The van der Waals surface area contributed by atoms with E-state index in [-0.39, 0.29) is 5.54 Å². The van der Waals surface area contributed by atoms with E-state index < -0.39 is 0 Å². The van der Waals surface area contributed by atoms with Gasteiger partial charge in [0.2, 0.25) is 0 Å². The number of nitrogens with one attached hydrogen (secondary N) is 2. The molecule has 0 saturated carbocycles. The van der Waals surface area contributed by atoms with E-state index in [2.05, 4.69) is 31.4 Å². The lowest BCUT2D eigenvalue weighted by atomic mass is 10.1. The lowest BCUT2D eigenvalue weighted by molar-refractivity contribution is 0.416. The fourth-order valence-corrected chi connectivity index (χ4v) is 1.24. The van der Waals surface area contributed by atoms with Crippen LogP contribution in [0.5, 0.6) is 0 Å². The van der Waals surface area contributed by atoms with Crippen LogP contribution in [0.15, 0.2) is 0 Å². The number of hydrogen-bond donors (Lipinski definition) is 3. The molecule has 0 radical (unpaired) electrons. The molecule has 0 aromatic heterocycles. The minimum Gasteiger partial charge on any atom is -0.329 e. The fourth-order valence-electron chi connectivity index (χ4n) is 1.24. The first-order chi connectivity index (χ1) is 6.56. The molecule has 0 aliphatic heterocycles. The molecule has 0 amide bonds. The van der Waals surface area contributed by atoms with Crippen LogP contribution >= 0.6 is 0 Å². The van der Waals surface area contributed by atoms with Crippen molar-refractivity contribution in [2.45, 2.75) is 45.6 Å². The van der Waals surface area contributed by atoms with Gasteiger partial charge in [-0.25, -0.2) is 0 Å². The van der Waals surface area contributed by atoms with Gasteiger partial charge < -0.3 is 16.4 Å². The van der Waals surface area contributed by atoms with Crippen LogP contribution in [-0.2, 0) is 0 Å². The van der Waals surface area contributed by atoms with Crippen molar-refractivity contribution in [2.75, 3.05) is 26.2 Å². The third-order valence-electron chi connectivity index (χ3n) is 2.01. The Morgan fingerprint density at radius 3 is 2.14 bits per heavy atom. The predicted molar refractivity (Wildman–Crippen MR) is 63.5 cm³/mol. The summed E-state index contributed by atoms with van der Waals surface area (Å²) >= 11 is 0. The molecule has 0 unspecified atom stereocenters. The summed E-state index contributed by atoms with van der Waals surface area (Å²) in [6, 6.07) is 0. The largest absolute Gasteiger partial charge is 0.329 e. The van der Waals surface area contributed by atoms with Gasteiger partial charge in [0.05, 0.1) is 0 Å². The Hall–Kier alpha value is -0.120. The average molecular weight is 201 g/mol. The van der Waals surface area contributed by atoms with Crippen molar-refractivity contribution in [3.63, 3.8) is 0 Å². The summed E-state index contributed by atoms with van der Waals surface area (Å²) in [5.41, 5.74) is 5.63. The van der Waals surface area contributed by atoms with E-state index in [1.54, 1.807) is 0 Å². The molecule has 0 rings (SSSR count). The lowest BCUT2D eigenvalue weighted by Crippen LogP contribution is -2.36. The molecule has 0 heterocycles. The Labute approximate surface area is 88.8 Å². The molecule has 3 nitrogen and oxygen atoms in total. The molecule has 4 N–H and O–H groups in total. The van der Waals surface area contributed by atoms with Crippen LogP contribution in [0.1, 0.15) is 40.0 Å². The average Bonchev–Trinajstić information content (AvgIpc) is 2.08. The van der Waals surface area contributed by atoms with Crippen molar-refractivity contribution >= 4 is 0 Å². The highest BCUT2D eigenvalue weighted by atomic mass is 14.9. The summed E-state index contributed by atoms with van der Waals surface area (Å²) in [4.78, 5) is 0. The van der Waals surface area contributed by atoms with Crippen LogP contribution in [-0.4, -0.2) is 31.7 Å². The molecule has 0 spiro atoms. The van der Waals surface area contributed by atoms with Gasteiger partial charge in [-0.2, -0.15) is 0 Å². The summed E-state index contributed by atoms with van der Waals surface area (Å²) < 4.78 is 0. The van der Waals surface area contributed by atoms with Crippen molar-refractivity contribution in [3.8, 4) is 0 Å². The van der Waals surface area contributed by atoms with Crippen molar-refractivity contribution in [3.05, 3.63) is 0 Å². The van der Waals surface area contributed by atoms with E-state index in [0.717, 1.165) is 26.2 Å². The Balaban J connectivity index is 2.99. The zero-order valence-corrected chi connectivity index (χ0v) is 10.0. The molecule has 0 atom stereocenters. The van der Waals surface area contributed by atoms with E-state index >= 15 is 0 Å². The first kappa shape index (κ1) is 13.9. The van der Waals surface area contributed by atoms with Crippen LogP contribution < -0.4 is 16.4 Å². The second-order valence-corrected chi connectivity index (χ2v) is 4.78. The predicted octanol–water partition coefficient (Wildman–Crippen LogP) is 1.09. The maximum atomic E-state index is 5.37. The third kappa shape index (κ3) is 11.9.